The van der Waals surface area contributed by atoms with Gasteiger partial charge in [0.05, 0.1) is 6.54 Å². The van der Waals surface area contributed by atoms with Crippen LogP contribution in [-0.2, 0) is 4.79 Å². The number of nitrogens with one attached hydrogen (secondary N) is 1. The van der Waals surface area contributed by atoms with Crippen molar-refractivity contribution in [1.29, 1.82) is 0 Å². The standard InChI is InChI=1S/C17H23ClN2O/c1-17(2)10-4-3-5-14(17)20-15(21)11-19-16(20)12-6-8-13(18)9-7-12/h6-9,14,16,19H,3-5,10-11H2,1-2H3. The summed E-state index contributed by atoms with van der Waals surface area (Å²) < 4.78 is 0. The van der Waals surface area contributed by atoms with Gasteiger partial charge in [0.1, 0.15) is 6.17 Å². The van der Waals surface area contributed by atoms with E-state index in [2.05, 4.69) is 24.1 Å². The molecule has 1 aliphatic heterocycles. The van der Waals surface area contributed by atoms with Gasteiger partial charge in [-0.25, -0.2) is 0 Å². The van der Waals surface area contributed by atoms with Crippen LogP contribution >= 0.6 is 11.6 Å². The molecule has 114 valence electrons. The Balaban J connectivity index is 1.90. The van der Waals surface area contributed by atoms with E-state index in [4.69, 9.17) is 11.6 Å². The smallest absolute Gasteiger partial charge is 0.238 e. The fraction of sp³-hybridized carbons (Fsp3) is 0.588. The Morgan fingerprint density at radius 3 is 2.62 bits per heavy atom. The molecule has 2 fully saturated rings. The molecule has 2 unspecified atom stereocenters. The second-order valence-electron chi connectivity index (χ2n) is 6.89. The molecule has 1 N–H and O–H groups in total. The van der Waals surface area contributed by atoms with Crippen molar-refractivity contribution in [2.45, 2.75) is 51.7 Å². The average molecular weight is 307 g/mol. The van der Waals surface area contributed by atoms with Gasteiger partial charge in [0, 0.05) is 11.1 Å². The van der Waals surface area contributed by atoms with Gasteiger partial charge in [-0.2, -0.15) is 0 Å². The minimum absolute atomic E-state index is 0.0165. The number of hydrogen-bond donors (Lipinski definition) is 1. The van der Waals surface area contributed by atoms with Gasteiger partial charge >= 0.3 is 0 Å². The van der Waals surface area contributed by atoms with Crippen LogP contribution < -0.4 is 5.32 Å². The van der Waals surface area contributed by atoms with Crippen molar-refractivity contribution in [3.05, 3.63) is 34.9 Å². The van der Waals surface area contributed by atoms with Crippen LogP contribution in [0.1, 0.15) is 51.3 Å². The molecule has 1 amide bonds. The predicted octanol–water partition coefficient (Wildman–Crippen LogP) is 3.74. The molecular formula is C17H23ClN2O. The molecule has 1 heterocycles. The molecule has 2 atom stereocenters. The van der Waals surface area contributed by atoms with Crippen molar-refractivity contribution in [3.63, 3.8) is 0 Å². The van der Waals surface area contributed by atoms with Crippen molar-refractivity contribution in [3.8, 4) is 0 Å². The number of benzene rings is 1. The summed E-state index contributed by atoms with van der Waals surface area (Å²) in [5.74, 6) is 0.218. The van der Waals surface area contributed by atoms with E-state index in [1.54, 1.807) is 0 Å². The minimum Gasteiger partial charge on any atom is -0.318 e. The molecule has 1 aromatic carbocycles. The molecule has 3 nitrogen and oxygen atoms in total. The van der Waals surface area contributed by atoms with Crippen LogP contribution in [0.25, 0.3) is 0 Å². The van der Waals surface area contributed by atoms with Gasteiger partial charge in [-0.15, -0.1) is 0 Å². The highest BCUT2D eigenvalue weighted by molar-refractivity contribution is 6.30. The SMILES string of the molecule is CC1(C)CCCCC1N1C(=O)CNC1c1ccc(Cl)cc1. The first-order chi connectivity index (χ1) is 9.99. The highest BCUT2D eigenvalue weighted by Gasteiger charge is 2.44. The second-order valence-corrected chi connectivity index (χ2v) is 7.32. The van der Waals surface area contributed by atoms with Crippen LogP contribution in [0, 0.1) is 5.41 Å². The zero-order valence-corrected chi connectivity index (χ0v) is 13.5. The molecule has 1 aliphatic carbocycles. The third-order valence-corrected chi connectivity index (χ3v) is 5.24. The molecule has 0 spiro atoms. The number of amides is 1. The van der Waals surface area contributed by atoms with Crippen molar-refractivity contribution in [2.75, 3.05) is 6.54 Å². The van der Waals surface area contributed by atoms with Gasteiger partial charge < -0.3 is 4.90 Å². The summed E-state index contributed by atoms with van der Waals surface area (Å²) in [5.41, 5.74) is 1.30. The molecule has 0 aromatic heterocycles. The largest absolute Gasteiger partial charge is 0.318 e. The molecule has 3 rings (SSSR count). The minimum atomic E-state index is -0.0165. The summed E-state index contributed by atoms with van der Waals surface area (Å²) >= 11 is 5.98. The van der Waals surface area contributed by atoms with E-state index in [9.17, 15) is 4.79 Å². The van der Waals surface area contributed by atoms with Crippen LogP contribution in [0.3, 0.4) is 0 Å². The molecule has 1 aromatic rings. The van der Waals surface area contributed by atoms with Gasteiger partial charge in [0.2, 0.25) is 5.91 Å². The fourth-order valence-electron chi connectivity index (χ4n) is 3.79. The second kappa shape index (κ2) is 5.62. The van der Waals surface area contributed by atoms with Crippen molar-refractivity contribution in [1.82, 2.24) is 10.2 Å². The molecule has 1 saturated heterocycles. The summed E-state index contributed by atoms with van der Waals surface area (Å²) in [7, 11) is 0. The highest BCUT2D eigenvalue weighted by Crippen LogP contribution is 2.42. The molecular weight excluding hydrogens is 284 g/mol. The topological polar surface area (TPSA) is 32.3 Å². The van der Waals surface area contributed by atoms with E-state index in [0.29, 0.717) is 12.6 Å². The van der Waals surface area contributed by atoms with E-state index < -0.39 is 0 Å². The third-order valence-electron chi connectivity index (χ3n) is 4.99. The number of hydrogen-bond acceptors (Lipinski definition) is 2. The maximum atomic E-state index is 12.4. The third kappa shape index (κ3) is 2.82. The van der Waals surface area contributed by atoms with Gasteiger partial charge in [0.15, 0.2) is 0 Å². The number of rotatable bonds is 2. The number of nitrogens with zero attached hydrogens (tertiary/aromatic N) is 1. The Bertz CT molecular complexity index is 526. The molecule has 0 bridgehead atoms. The van der Waals surface area contributed by atoms with Crippen molar-refractivity contribution in [2.24, 2.45) is 5.41 Å². The molecule has 4 heteroatoms. The Hall–Kier alpha value is -1.06. The predicted molar refractivity (Wildman–Crippen MR) is 85.1 cm³/mol. The first kappa shape index (κ1) is 14.9. The molecule has 21 heavy (non-hydrogen) atoms. The Labute approximate surface area is 131 Å². The highest BCUT2D eigenvalue weighted by atomic mass is 35.5. The van der Waals surface area contributed by atoms with Gasteiger partial charge in [-0.1, -0.05) is 50.4 Å². The summed E-state index contributed by atoms with van der Waals surface area (Å²) in [6.07, 6.45) is 4.76. The Morgan fingerprint density at radius 2 is 1.95 bits per heavy atom. The summed E-state index contributed by atoms with van der Waals surface area (Å²) in [4.78, 5) is 14.5. The monoisotopic (exact) mass is 306 g/mol. The van der Waals surface area contributed by atoms with Crippen LogP contribution in [0.2, 0.25) is 5.02 Å². The van der Waals surface area contributed by atoms with Crippen LogP contribution in [-0.4, -0.2) is 23.4 Å². The lowest BCUT2D eigenvalue weighted by Gasteiger charge is -2.45. The number of halogens is 1. The zero-order chi connectivity index (χ0) is 15.0. The first-order valence-electron chi connectivity index (χ1n) is 7.79. The zero-order valence-electron chi connectivity index (χ0n) is 12.7. The summed E-state index contributed by atoms with van der Waals surface area (Å²) in [6.45, 7) is 5.02. The molecule has 0 radical (unpaired) electrons. The number of carbonyl (C=O) groups excluding carboxylic acids is 1. The number of carbonyl (C=O) groups is 1. The maximum absolute atomic E-state index is 12.4. The molecule has 2 aliphatic rings. The fourth-order valence-corrected chi connectivity index (χ4v) is 3.91. The summed E-state index contributed by atoms with van der Waals surface area (Å²) in [5, 5.41) is 4.09. The van der Waals surface area contributed by atoms with E-state index in [1.165, 1.54) is 19.3 Å². The lowest BCUT2D eigenvalue weighted by atomic mass is 9.72. The van der Waals surface area contributed by atoms with E-state index in [-0.39, 0.29) is 17.5 Å². The summed E-state index contributed by atoms with van der Waals surface area (Å²) in [6, 6.07) is 8.13. The van der Waals surface area contributed by atoms with Crippen molar-refractivity contribution < 1.29 is 4.79 Å². The van der Waals surface area contributed by atoms with Gasteiger partial charge in [-0.3, -0.25) is 10.1 Å². The Morgan fingerprint density at radius 1 is 1.24 bits per heavy atom. The van der Waals surface area contributed by atoms with Gasteiger partial charge in [-0.05, 0) is 36.0 Å². The normalized spacial score (nSPS) is 28.9. The van der Waals surface area contributed by atoms with Gasteiger partial charge in [0.25, 0.3) is 0 Å². The lowest BCUT2D eigenvalue weighted by Crippen LogP contribution is -2.49. The first-order valence-corrected chi connectivity index (χ1v) is 8.17. The quantitative estimate of drug-likeness (QED) is 0.903. The van der Waals surface area contributed by atoms with E-state index in [0.717, 1.165) is 17.0 Å². The maximum Gasteiger partial charge on any atom is 0.238 e. The molecule has 1 saturated carbocycles. The van der Waals surface area contributed by atoms with E-state index >= 15 is 0 Å². The average Bonchev–Trinajstić information content (AvgIpc) is 2.81. The van der Waals surface area contributed by atoms with Crippen molar-refractivity contribution >= 4 is 17.5 Å². The van der Waals surface area contributed by atoms with Crippen LogP contribution in [0.4, 0.5) is 0 Å². The lowest BCUT2D eigenvalue weighted by molar-refractivity contribution is -0.134. The van der Waals surface area contributed by atoms with Crippen LogP contribution in [0.5, 0.6) is 0 Å². The van der Waals surface area contributed by atoms with Crippen LogP contribution in [0.15, 0.2) is 24.3 Å². The van der Waals surface area contributed by atoms with E-state index in [1.807, 2.05) is 24.3 Å². The Kier molecular flexibility index (Phi) is 3.98.